The number of hydrogen-bond donors (Lipinski definition) is 2. The van der Waals surface area contributed by atoms with Gasteiger partial charge in [0.05, 0.1) is 0 Å². The lowest BCUT2D eigenvalue weighted by atomic mass is 10.3. The molecule has 1 amide bonds. The van der Waals surface area contributed by atoms with Crippen molar-refractivity contribution in [3.63, 3.8) is 0 Å². The first kappa shape index (κ1) is 6.60. The van der Waals surface area contributed by atoms with Crippen LogP contribution in [0.1, 0.15) is 0 Å². The van der Waals surface area contributed by atoms with E-state index in [-0.39, 0.29) is 5.71 Å². The number of carbonyl (C=O) groups excluding carboxylic acids is 1. The second-order valence-corrected chi connectivity index (χ2v) is 1.61. The van der Waals surface area contributed by atoms with Gasteiger partial charge in [0.25, 0.3) is 0 Å². The lowest BCUT2D eigenvalue weighted by Crippen LogP contribution is -2.43. The number of aliphatic hydroxyl groups excluding tert-OH is 1. The highest BCUT2D eigenvalue weighted by Crippen LogP contribution is 1.85. The van der Waals surface area contributed by atoms with Crippen molar-refractivity contribution in [3.05, 3.63) is 5.53 Å². The first-order valence-electron chi connectivity index (χ1n) is 2.48. The number of carbonyl (C=O) groups is 1. The number of nitrogens with one attached hydrogen (secondary N) is 1. The summed E-state index contributed by atoms with van der Waals surface area (Å²) in [5.74, 6) is -0.648. The molecule has 0 aromatic carbocycles. The minimum absolute atomic E-state index is 0.217. The Morgan fingerprint density at radius 1 is 1.90 bits per heavy atom. The molecule has 0 spiro atoms. The minimum Gasteiger partial charge on any atom is -0.360 e. The molecular weight excluding hydrogens is 136 g/mol. The molecule has 1 aliphatic rings. The van der Waals surface area contributed by atoms with E-state index >= 15 is 0 Å². The number of nitrogens with zero attached hydrogens (tertiary/aromatic N) is 3. The van der Waals surface area contributed by atoms with E-state index in [2.05, 4.69) is 9.78 Å². The topological polar surface area (TPSA) is 98.1 Å². The minimum atomic E-state index is -1.22. The maximum absolute atomic E-state index is 10.6. The Morgan fingerprint density at radius 3 is 3.10 bits per heavy atom. The van der Waals surface area contributed by atoms with E-state index in [9.17, 15) is 4.79 Å². The van der Waals surface area contributed by atoms with Gasteiger partial charge in [-0.2, -0.15) is 4.79 Å². The molecule has 0 saturated carbocycles. The molecule has 2 N–H and O–H groups in total. The molecule has 0 aliphatic carbocycles. The zero-order chi connectivity index (χ0) is 7.56. The number of aliphatic hydroxyl groups is 1. The molecule has 1 aliphatic heterocycles. The molecule has 0 saturated heterocycles. The van der Waals surface area contributed by atoms with Crippen molar-refractivity contribution in [2.75, 3.05) is 0 Å². The van der Waals surface area contributed by atoms with Crippen LogP contribution < -0.4 is 5.32 Å². The van der Waals surface area contributed by atoms with Crippen molar-refractivity contribution >= 4 is 17.8 Å². The molecule has 52 valence electrons. The molecule has 0 fully saturated rings. The van der Waals surface area contributed by atoms with Crippen molar-refractivity contribution in [1.29, 1.82) is 0 Å². The molecule has 6 nitrogen and oxygen atoms in total. The molecule has 0 aromatic rings. The third kappa shape index (κ3) is 1.07. The van der Waals surface area contributed by atoms with Crippen LogP contribution in [0.3, 0.4) is 0 Å². The SMILES string of the molecule is [N-]=[N+]=C1C=NC(O)NC1=O. The fraction of sp³-hybridized carbons (Fsp3) is 0.250. The van der Waals surface area contributed by atoms with E-state index < -0.39 is 12.3 Å². The van der Waals surface area contributed by atoms with E-state index in [1.165, 1.54) is 0 Å². The fourth-order valence-corrected chi connectivity index (χ4v) is 0.500. The second kappa shape index (κ2) is 2.38. The summed E-state index contributed by atoms with van der Waals surface area (Å²) in [5.41, 5.74) is 7.88. The van der Waals surface area contributed by atoms with Gasteiger partial charge in [-0.05, 0) is 0 Å². The summed E-state index contributed by atoms with van der Waals surface area (Å²) in [5, 5.41) is 10.6. The lowest BCUT2D eigenvalue weighted by molar-refractivity contribution is -0.121. The summed E-state index contributed by atoms with van der Waals surface area (Å²) in [6, 6.07) is 0. The number of rotatable bonds is 0. The largest absolute Gasteiger partial charge is 0.397 e. The maximum Gasteiger partial charge on any atom is 0.397 e. The highest BCUT2D eigenvalue weighted by molar-refractivity contribution is 6.59. The second-order valence-electron chi connectivity index (χ2n) is 1.61. The maximum atomic E-state index is 10.6. The number of hydrogen-bond acceptors (Lipinski definition) is 3. The molecule has 10 heavy (non-hydrogen) atoms. The zero-order valence-corrected chi connectivity index (χ0v) is 4.85. The molecule has 0 radical (unpaired) electrons. The summed E-state index contributed by atoms with van der Waals surface area (Å²) in [7, 11) is 0. The fourth-order valence-electron chi connectivity index (χ4n) is 0.500. The van der Waals surface area contributed by atoms with Gasteiger partial charge in [0.2, 0.25) is 6.35 Å². The first-order chi connectivity index (χ1) is 4.74. The molecule has 1 atom stereocenters. The molecule has 6 heteroatoms. The standard InChI is InChI=1S/C4H4N4O2/c5-8-2-1-6-4(10)7-3(2)9/h1,4,10H,(H,7,9). The van der Waals surface area contributed by atoms with Crippen LogP contribution in [-0.4, -0.2) is 34.1 Å². The van der Waals surface area contributed by atoms with Gasteiger partial charge < -0.3 is 16.0 Å². The van der Waals surface area contributed by atoms with E-state index in [1.54, 1.807) is 0 Å². The monoisotopic (exact) mass is 140 g/mol. The molecule has 1 rings (SSSR count). The van der Waals surface area contributed by atoms with Crippen LogP contribution in [0.15, 0.2) is 4.99 Å². The highest BCUT2D eigenvalue weighted by Gasteiger charge is 2.24. The summed E-state index contributed by atoms with van der Waals surface area (Å²) >= 11 is 0. The summed E-state index contributed by atoms with van der Waals surface area (Å²) < 4.78 is 0. The van der Waals surface area contributed by atoms with Crippen LogP contribution >= 0.6 is 0 Å². The first-order valence-corrected chi connectivity index (χ1v) is 2.48. The van der Waals surface area contributed by atoms with Crippen LogP contribution in [0, 0.1) is 0 Å². The van der Waals surface area contributed by atoms with E-state index in [0.29, 0.717) is 0 Å². The average Bonchev–Trinajstić information content (AvgIpc) is 1.88. The van der Waals surface area contributed by atoms with Gasteiger partial charge in [0.15, 0.2) is 0 Å². The number of amides is 1. The number of aliphatic imine (C=N–C) groups is 1. The van der Waals surface area contributed by atoms with Gasteiger partial charge in [-0.1, -0.05) is 0 Å². The van der Waals surface area contributed by atoms with E-state index in [0.717, 1.165) is 6.21 Å². The van der Waals surface area contributed by atoms with E-state index in [1.807, 2.05) is 5.32 Å². The normalized spacial score (nSPS) is 23.9. The van der Waals surface area contributed by atoms with Gasteiger partial charge in [-0.3, -0.25) is 4.79 Å². The van der Waals surface area contributed by atoms with Crippen molar-refractivity contribution in [2.24, 2.45) is 4.99 Å². The molecular formula is C4H4N4O2. The summed E-state index contributed by atoms with van der Waals surface area (Å²) in [6.07, 6.45) is -0.234. The van der Waals surface area contributed by atoms with Crippen LogP contribution in [0.4, 0.5) is 0 Å². The molecule has 1 heterocycles. The Morgan fingerprint density at radius 2 is 2.60 bits per heavy atom. The Labute approximate surface area is 55.8 Å². The average molecular weight is 140 g/mol. The van der Waals surface area contributed by atoms with Crippen LogP contribution in [0.25, 0.3) is 5.53 Å². The Bertz CT molecular complexity index is 240. The quantitative estimate of drug-likeness (QED) is 0.304. The Hall–Kier alpha value is -1.52. The summed E-state index contributed by atoms with van der Waals surface area (Å²) in [6.45, 7) is 0. The summed E-state index contributed by atoms with van der Waals surface area (Å²) in [4.78, 5) is 16.5. The van der Waals surface area contributed by atoms with Crippen molar-refractivity contribution < 1.29 is 14.7 Å². The zero-order valence-electron chi connectivity index (χ0n) is 4.85. The van der Waals surface area contributed by atoms with Gasteiger partial charge >= 0.3 is 11.6 Å². The molecule has 1 unspecified atom stereocenters. The van der Waals surface area contributed by atoms with Gasteiger partial charge in [0.1, 0.15) is 6.21 Å². The Kier molecular flexibility index (Phi) is 1.57. The third-order valence-electron chi connectivity index (χ3n) is 0.939. The van der Waals surface area contributed by atoms with E-state index in [4.69, 9.17) is 10.6 Å². The predicted molar refractivity (Wildman–Crippen MR) is 31.3 cm³/mol. The third-order valence-corrected chi connectivity index (χ3v) is 0.939. The predicted octanol–water partition coefficient (Wildman–Crippen LogP) is -1.87. The molecule has 0 aromatic heterocycles. The van der Waals surface area contributed by atoms with Gasteiger partial charge in [0, 0.05) is 0 Å². The van der Waals surface area contributed by atoms with Crippen LogP contribution in [0.5, 0.6) is 0 Å². The van der Waals surface area contributed by atoms with Crippen molar-refractivity contribution in [2.45, 2.75) is 6.35 Å². The highest BCUT2D eigenvalue weighted by atomic mass is 16.3. The van der Waals surface area contributed by atoms with Crippen molar-refractivity contribution in [1.82, 2.24) is 5.32 Å². The van der Waals surface area contributed by atoms with Gasteiger partial charge in [-0.15, -0.1) is 0 Å². The lowest BCUT2D eigenvalue weighted by Gasteiger charge is -2.07. The van der Waals surface area contributed by atoms with Crippen LogP contribution in [0.2, 0.25) is 0 Å². The molecule has 0 bridgehead atoms. The van der Waals surface area contributed by atoms with Crippen molar-refractivity contribution in [3.8, 4) is 0 Å². The smallest absolute Gasteiger partial charge is 0.360 e. The Balaban J connectivity index is 2.93. The van der Waals surface area contributed by atoms with Gasteiger partial charge in [-0.25, -0.2) is 4.99 Å². The van der Waals surface area contributed by atoms with Crippen LogP contribution in [-0.2, 0) is 4.79 Å².